The molecule has 0 spiro atoms. The number of rotatable bonds is 2. The number of phenols is 1. The van der Waals surface area contributed by atoms with Crippen LogP contribution in [0.5, 0.6) is 5.75 Å². The van der Waals surface area contributed by atoms with Crippen LogP contribution in [0.25, 0.3) is 11.4 Å². The summed E-state index contributed by atoms with van der Waals surface area (Å²) in [5.41, 5.74) is 0.997. The van der Waals surface area contributed by atoms with E-state index in [1.54, 1.807) is 18.5 Å². The Kier molecular flexibility index (Phi) is 1.74. The van der Waals surface area contributed by atoms with Crippen molar-refractivity contribution in [1.82, 2.24) is 14.8 Å². The summed E-state index contributed by atoms with van der Waals surface area (Å²) < 4.78 is 1.96. The van der Waals surface area contributed by atoms with E-state index in [2.05, 4.69) is 10.1 Å². The van der Waals surface area contributed by atoms with Gasteiger partial charge in [-0.05, 0) is 37.1 Å². The zero-order valence-electron chi connectivity index (χ0n) is 8.17. The van der Waals surface area contributed by atoms with E-state index in [1.807, 2.05) is 16.8 Å². The van der Waals surface area contributed by atoms with Gasteiger partial charge in [-0.25, -0.2) is 9.67 Å². The highest BCUT2D eigenvalue weighted by Crippen LogP contribution is 2.36. The van der Waals surface area contributed by atoms with Gasteiger partial charge in [-0.1, -0.05) is 0 Å². The van der Waals surface area contributed by atoms with Crippen LogP contribution in [0.1, 0.15) is 18.9 Å². The lowest BCUT2D eigenvalue weighted by atomic mass is 10.2. The van der Waals surface area contributed by atoms with Gasteiger partial charge < -0.3 is 5.11 Å². The highest BCUT2D eigenvalue weighted by atomic mass is 16.3. The molecule has 4 nitrogen and oxygen atoms in total. The molecule has 0 aliphatic heterocycles. The summed E-state index contributed by atoms with van der Waals surface area (Å²) in [4.78, 5) is 4.25. The van der Waals surface area contributed by atoms with Crippen molar-refractivity contribution >= 4 is 0 Å². The fourth-order valence-corrected chi connectivity index (χ4v) is 1.65. The Morgan fingerprint density at radius 1 is 1.20 bits per heavy atom. The van der Waals surface area contributed by atoms with Gasteiger partial charge >= 0.3 is 0 Å². The molecule has 0 bridgehead atoms. The first-order valence-corrected chi connectivity index (χ1v) is 5.03. The Hall–Kier alpha value is -1.84. The number of nitrogens with zero attached hydrogens (tertiary/aromatic N) is 3. The molecule has 0 saturated heterocycles. The molecule has 3 rings (SSSR count). The van der Waals surface area contributed by atoms with Crippen LogP contribution in [0.15, 0.2) is 30.6 Å². The van der Waals surface area contributed by atoms with Gasteiger partial charge in [-0.2, -0.15) is 5.10 Å². The van der Waals surface area contributed by atoms with Crippen LogP contribution in [0.3, 0.4) is 0 Å². The summed E-state index contributed by atoms with van der Waals surface area (Å²) in [5, 5.41) is 13.4. The quantitative estimate of drug-likeness (QED) is 0.808. The molecule has 1 aromatic carbocycles. The van der Waals surface area contributed by atoms with Crippen LogP contribution >= 0.6 is 0 Å². The minimum Gasteiger partial charge on any atom is -0.508 e. The minimum atomic E-state index is 0.274. The highest BCUT2D eigenvalue weighted by molar-refractivity contribution is 5.56. The number of phenolic OH excluding ortho intramolecular Hbond substituents is 1. The van der Waals surface area contributed by atoms with E-state index in [9.17, 15) is 5.11 Å². The largest absolute Gasteiger partial charge is 0.508 e. The number of benzene rings is 1. The Bertz CT molecular complexity index is 471. The molecule has 0 unspecified atom stereocenters. The lowest BCUT2D eigenvalue weighted by molar-refractivity contribution is 0.475. The highest BCUT2D eigenvalue weighted by Gasteiger charge is 2.27. The van der Waals surface area contributed by atoms with Crippen molar-refractivity contribution < 1.29 is 5.11 Å². The third kappa shape index (κ3) is 1.48. The lowest BCUT2D eigenvalue weighted by Gasteiger charge is -2.03. The predicted octanol–water partition coefficient (Wildman–Crippen LogP) is 1.99. The summed E-state index contributed by atoms with van der Waals surface area (Å²) in [7, 11) is 0. The van der Waals surface area contributed by atoms with E-state index in [0.29, 0.717) is 6.04 Å². The van der Waals surface area contributed by atoms with Crippen LogP contribution < -0.4 is 0 Å². The van der Waals surface area contributed by atoms with Crippen molar-refractivity contribution in [1.29, 1.82) is 0 Å². The average Bonchev–Trinajstić information content (AvgIpc) is 2.98. The molecule has 1 aliphatic carbocycles. The molecule has 1 aromatic heterocycles. The van der Waals surface area contributed by atoms with Gasteiger partial charge in [0.25, 0.3) is 0 Å². The SMILES string of the molecule is Oc1ccc(-c2ncnn2C2CC2)cc1. The first kappa shape index (κ1) is 8.47. The van der Waals surface area contributed by atoms with E-state index in [4.69, 9.17) is 0 Å². The van der Waals surface area contributed by atoms with Gasteiger partial charge in [-0.15, -0.1) is 0 Å². The maximum absolute atomic E-state index is 9.20. The van der Waals surface area contributed by atoms with Crippen LogP contribution in [0.4, 0.5) is 0 Å². The molecule has 0 radical (unpaired) electrons. The molecule has 1 saturated carbocycles. The Balaban J connectivity index is 2.04. The van der Waals surface area contributed by atoms with Gasteiger partial charge in [0.05, 0.1) is 6.04 Å². The van der Waals surface area contributed by atoms with Crippen molar-refractivity contribution in [2.45, 2.75) is 18.9 Å². The van der Waals surface area contributed by atoms with Gasteiger partial charge in [0, 0.05) is 5.56 Å². The van der Waals surface area contributed by atoms with Crippen molar-refractivity contribution in [2.75, 3.05) is 0 Å². The summed E-state index contributed by atoms with van der Waals surface area (Å²) in [5.74, 6) is 1.16. The molecule has 0 amide bonds. The summed E-state index contributed by atoms with van der Waals surface area (Å²) in [6.07, 6.45) is 3.96. The molecule has 76 valence electrons. The summed E-state index contributed by atoms with van der Waals surface area (Å²) in [6, 6.07) is 7.58. The number of aromatic hydroxyl groups is 1. The Labute approximate surface area is 87.2 Å². The van der Waals surface area contributed by atoms with Gasteiger partial charge in [0.2, 0.25) is 0 Å². The summed E-state index contributed by atoms with van der Waals surface area (Å²) in [6.45, 7) is 0. The Morgan fingerprint density at radius 3 is 2.60 bits per heavy atom. The maximum atomic E-state index is 9.20. The fourth-order valence-electron chi connectivity index (χ4n) is 1.65. The predicted molar refractivity (Wildman–Crippen MR) is 55.4 cm³/mol. The molecule has 1 heterocycles. The molecule has 1 N–H and O–H groups in total. The van der Waals surface area contributed by atoms with Crippen LogP contribution in [0, 0.1) is 0 Å². The smallest absolute Gasteiger partial charge is 0.158 e. The van der Waals surface area contributed by atoms with Gasteiger partial charge in [0.1, 0.15) is 12.1 Å². The van der Waals surface area contributed by atoms with Crippen LogP contribution in [-0.4, -0.2) is 19.9 Å². The van der Waals surface area contributed by atoms with Crippen LogP contribution in [0.2, 0.25) is 0 Å². The third-order valence-corrected chi connectivity index (χ3v) is 2.59. The van der Waals surface area contributed by atoms with Crippen molar-refractivity contribution in [3.8, 4) is 17.1 Å². The molecule has 1 fully saturated rings. The van der Waals surface area contributed by atoms with Gasteiger partial charge in [-0.3, -0.25) is 0 Å². The molecule has 15 heavy (non-hydrogen) atoms. The topological polar surface area (TPSA) is 50.9 Å². The van der Waals surface area contributed by atoms with Crippen molar-refractivity contribution in [3.63, 3.8) is 0 Å². The Morgan fingerprint density at radius 2 is 1.93 bits per heavy atom. The molecular formula is C11H11N3O. The summed E-state index contributed by atoms with van der Waals surface area (Å²) >= 11 is 0. The molecule has 4 heteroatoms. The second-order valence-corrected chi connectivity index (χ2v) is 3.81. The molecule has 1 aliphatic rings. The van der Waals surface area contributed by atoms with Crippen molar-refractivity contribution in [3.05, 3.63) is 30.6 Å². The van der Waals surface area contributed by atoms with E-state index in [-0.39, 0.29) is 5.75 Å². The monoisotopic (exact) mass is 201 g/mol. The van der Waals surface area contributed by atoms with Gasteiger partial charge in [0.15, 0.2) is 5.82 Å². The van der Waals surface area contributed by atoms with Crippen LogP contribution in [-0.2, 0) is 0 Å². The van der Waals surface area contributed by atoms with E-state index >= 15 is 0 Å². The molecular weight excluding hydrogens is 190 g/mol. The lowest BCUT2D eigenvalue weighted by Crippen LogP contribution is -1.99. The zero-order valence-corrected chi connectivity index (χ0v) is 8.17. The normalized spacial score (nSPS) is 15.5. The van der Waals surface area contributed by atoms with E-state index in [0.717, 1.165) is 11.4 Å². The standard InChI is InChI=1S/C11H11N3O/c15-10-5-1-8(2-6-10)11-12-7-13-14(11)9-3-4-9/h1-2,5-7,9,15H,3-4H2. The zero-order chi connectivity index (χ0) is 10.3. The van der Waals surface area contributed by atoms with Crippen molar-refractivity contribution in [2.24, 2.45) is 0 Å². The minimum absolute atomic E-state index is 0.274. The maximum Gasteiger partial charge on any atom is 0.158 e. The van der Waals surface area contributed by atoms with E-state index in [1.165, 1.54) is 12.8 Å². The second kappa shape index (κ2) is 3.08. The first-order chi connectivity index (χ1) is 7.34. The molecule has 0 atom stereocenters. The average molecular weight is 201 g/mol. The number of aromatic nitrogens is 3. The molecule has 2 aromatic rings. The fraction of sp³-hybridized carbons (Fsp3) is 0.273. The third-order valence-electron chi connectivity index (χ3n) is 2.59. The first-order valence-electron chi connectivity index (χ1n) is 5.03. The second-order valence-electron chi connectivity index (χ2n) is 3.81. The number of hydrogen-bond acceptors (Lipinski definition) is 3. The number of hydrogen-bond donors (Lipinski definition) is 1. The van der Waals surface area contributed by atoms with E-state index < -0.39 is 0 Å².